The fourth-order valence-corrected chi connectivity index (χ4v) is 3.83. The summed E-state index contributed by atoms with van der Waals surface area (Å²) in [5, 5.41) is 0. The zero-order valence-corrected chi connectivity index (χ0v) is 21.8. The molecular weight excluding hydrogens is 470 g/mol. The second kappa shape index (κ2) is 15.0. The highest BCUT2D eigenvalue weighted by atomic mass is 19.2. The third-order valence-electron chi connectivity index (χ3n) is 5.98. The molecule has 0 saturated carbocycles. The Morgan fingerprint density at radius 1 is 0.946 bits per heavy atom. The van der Waals surface area contributed by atoms with Gasteiger partial charge in [0.25, 0.3) is 0 Å². The Bertz CT molecular complexity index is 1150. The SMILES string of the molecule is C=CCOc1ccc(-c2ncc(-c3ccc(/C=C/CCCC(C)OCCCCC)cc3)cn2)c(F)c1F. The van der Waals surface area contributed by atoms with E-state index in [1.807, 2.05) is 24.3 Å². The number of hydrogen-bond acceptors (Lipinski definition) is 4. The molecule has 4 nitrogen and oxygen atoms in total. The largest absolute Gasteiger partial charge is 0.486 e. The highest BCUT2D eigenvalue weighted by molar-refractivity contribution is 5.66. The minimum atomic E-state index is -1.07. The number of benzene rings is 2. The lowest BCUT2D eigenvalue weighted by atomic mass is 10.1. The predicted octanol–water partition coefficient (Wildman–Crippen LogP) is 8.43. The maximum atomic E-state index is 14.5. The summed E-state index contributed by atoms with van der Waals surface area (Å²) in [7, 11) is 0. The van der Waals surface area contributed by atoms with Crippen molar-refractivity contribution in [2.45, 2.75) is 58.5 Å². The molecule has 3 aromatic rings. The van der Waals surface area contributed by atoms with Crippen LogP contribution in [0.2, 0.25) is 0 Å². The number of nitrogens with zero attached hydrogens (tertiary/aromatic N) is 2. The summed E-state index contributed by atoms with van der Waals surface area (Å²) < 4.78 is 39.8. The topological polar surface area (TPSA) is 44.2 Å². The number of halogens is 2. The average Bonchev–Trinajstić information content (AvgIpc) is 2.92. The number of unbranched alkanes of at least 4 members (excludes halogenated alkanes) is 3. The van der Waals surface area contributed by atoms with Crippen molar-refractivity contribution in [2.75, 3.05) is 13.2 Å². The van der Waals surface area contributed by atoms with Crippen molar-refractivity contribution in [3.05, 3.63) is 84.7 Å². The molecule has 0 saturated heterocycles. The van der Waals surface area contributed by atoms with E-state index in [-0.39, 0.29) is 23.7 Å². The molecule has 1 unspecified atom stereocenters. The Balaban J connectivity index is 1.52. The molecule has 196 valence electrons. The first-order valence-corrected chi connectivity index (χ1v) is 13.0. The van der Waals surface area contributed by atoms with Gasteiger partial charge >= 0.3 is 0 Å². The van der Waals surface area contributed by atoms with Gasteiger partial charge in [-0.15, -0.1) is 0 Å². The van der Waals surface area contributed by atoms with E-state index in [0.29, 0.717) is 6.10 Å². The Kier molecular flexibility index (Phi) is 11.4. The van der Waals surface area contributed by atoms with E-state index >= 15 is 0 Å². The first-order chi connectivity index (χ1) is 18.0. The molecule has 2 aromatic carbocycles. The van der Waals surface area contributed by atoms with Crippen LogP contribution >= 0.6 is 0 Å². The molecule has 0 aliphatic rings. The molecule has 37 heavy (non-hydrogen) atoms. The number of hydrogen-bond donors (Lipinski definition) is 0. The van der Waals surface area contributed by atoms with Gasteiger partial charge in [-0.3, -0.25) is 0 Å². The maximum Gasteiger partial charge on any atom is 0.201 e. The van der Waals surface area contributed by atoms with Crippen LogP contribution in [0.1, 0.15) is 57.9 Å². The number of aromatic nitrogens is 2. The summed E-state index contributed by atoms with van der Waals surface area (Å²) in [5.41, 5.74) is 2.82. The average molecular weight is 507 g/mol. The van der Waals surface area contributed by atoms with Crippen LogP contribution in [0.4, 0.5) is 8.78 Å². The maximum absolute atomic E-state index is 14.5. The molecule has 1 heterocycles. The fraction of sp³-hybridized carbons (Fsp3) is 0.355. The van der Waals surface area contributed by atoms with Crippen molar-refractivity contribution in [1.82, 2.24) is 9.97 Å². The van der Waals surface area contributed by atoms with Gasteiger partial charge in [0.15, 0.2) is 17.4 Å². The Morgan fingerprint density at radius 2 is 1.70 bits per heavy atom. The van der Waals surface area contributed by atoms with E-state index in [1.54, 1.807) is 12.4 Å². The number of allylic oxidation sites excluding steroid dienone is 1. The minimum absolute atomic E-state index is 0.0204. The molecule has 1 aromatic heterocycles. The molecule has 0 spiro atoms. The molecule has 6 heteroatoms. The zero-order valence-electron chi connectivity index (χ0n) is 21.8. The Labute approximate surface area is 219 Å². The van der Waals surface area contributed by atoms with Crippen molar-refractivity contribution in [2.24, 2.45) is 0 Å². The van der Waals surface area contributed by atoms with Gasteiger partial charge in [-0.05, 0) is 55.9 Å². The van der Waals surface area contributed by atoms with E-state index in [4.69, 9.17) is 9.47 Å². The van der Waals surface area contributed by atoms with Crippen molar-refractivity contribution in [3.63, 3.8) is 0 Å². The predicted molar refractivity (Wildman–Crippen MR) is 146 cm³/mol. The smallest absolute Gasteiger partial charge is 0.201 e. The van der Waals surface area contributed by atoms with Crippen LogP contribution in [-0.4, -0.2) is 29.3 Å². The zero-order chi connectivity index (χ0) is 26.5. The highest BCUT2D eigenvalue weighted by Gasteiger charge is 2.17. The molecule has 0 aliphatic heterocycles. The first-order valence-electron chi connectivity index (χ1n) is 13.0. The third kappa shape index (κ3) is 8.60. The van der Waals surface area contributed by atoms with Gasteiger partial charge in [-0.1, -0.05) is 68.8 Å². The fourth-order valence-electron chi connectivity index (χ4n) is 3.83. The second-order valence-electron chi connectivity index (χ2n) is 8.98. The van der Waals surface area contributed by atoms with Gasteiger partial charge < -0.3 is 9.47 Å². The summed E-state index contributed by atoms with van der Waals surface area (Å²) in [6.45, 7) is 8.80. The lowest BCUT2D eigenvalue weighted by Gasteiger charge is -2.12. The van der Waals surface area contributed by atoms with E-state index in [9.17, 15) is 8.78 Å². The van der Waals surface area contributed by atoms with Crippen molar-refractivity contribution in [1.29, 1.82) is 0 Å². The van der Waals surface area contributed by atoms with Crippen LogP contribution in [0.5, 0.6) is 5.75 Å². The van der Waals surface area contributed by atoms with Gasteiger partial charge in [-0.25, -0.2) is 14.4 Å². The van der Waals surface area contributed by atoms with Crippen LogP contribution < -0.4 is 4.74 Å². The first kappa shape index (κ1) is 28.2. The molecule has 0 amide bonds. The molecule has 0 bridgehead atoms. The van der Waals surface area contributed by atoms with E-state index in [0.717, 1.165) is 49.0 Å². The van der Waals surface area contributed by atoms with Crippen LogP contribution in [0.3, 0.4) is 0 Å². The summed E-state index contributed by atoms with van der Waals surface area (Å²) in [6.07, 6.45) is 16.1. The van der Waals surface area contributed by atoms with Gasteiger partial charge in [0.1, 0.15) is 6.61 Å². The third-order valence-corrected chi connectivity index (χ3v) is 5.98. The minimum Gasteiger partial charge on any atom is -0.486 e. The van der Waals surface area contributed by atoms with Gasteiger partial charge in [0, 0.05) is 24.6 Å². The molecule has 0 radical (unpaired) electrons. The van der Waals surface area contributed by atoms with Gasteiger partial charge in [0.05, 0.1) is 11.7 Å². The summed E-state index contributed by atoms with van der Waals surface area (Å²) >= 11 is 0. The van der Waals surface area contributed by atoms with Gasteiger partial charge in [0.2, 0.25) is 5.82 Å². The quantitative estimate of drug-likeness (QED) is 0.153. The molecular formula is C31H36F2N2O2. The number of rotatable bonds is 15. The Morgan fingerprint density at radius 3 is 2.41 bits per heavy atom. The van der Waals surface area contributed by atoms with Crippen molar-refractivity contribution < 1.29 is 18.3 Å². The van der Waals surface area contributed by atoms with Gasteiger partial charge in [-0.2, -0.15) is 4.39 Å². The lowest BCUT2D eigenvalue weighted by molar-refractivity contribution is 0.0566. The highest BCUT2D eigenvalue weighted by Crippen LogP contribution is 2.29. The van der Waals surface area contributed by atoms with Crippen LogP contribution in [0, 0.1) is 11.6 Å². The van der Waals surface area contributed by atoms with E-state index in [1.165, 1.54) is 31.1 Å². The molecule has 0 aliphatic carbocycles. The molecule has 1 atom stereocenters. The second-order valence-corrected chi connectivity index (χ2v) is 8.98. The normalized spacial score (nSPS) is 12.1. The van der Waals surface area contributed by atoms with Crippen LogP contribution in [-0.2, 0) is 4.74 Å². The monoisotopic (exact) mass is 506 g/mol. The van der Waals surface area contributed by atoms with E-state index < -0.39 is 11.6 Å². The van der Waals surface area contributed by atoms with Crippen molar-refractivity contribution >= 4 is 6.08 Å². The van der Waals surface area contributed by atoms with Crippen LogP contribution in [0.25, 0.3) is 28.6 Å². The molecule has 0 fully saturated rings. The summed E-state index contributed by atoms with van der Waals surface area (Å²) in [5.74, 6) is -2.18. The van der Waals surface area contributed by atoms with E-state index in [2.05, 4.69) is 42.5 Å². The Hall–Kier alpha value is -3.38. The molecule has 3 rings (SSSR count). The summed E-state index contributed by atoms with van der Waals surface area (Å²) in [4.78, 5) is 8.51. The number of ether oxygens (including phenoxy) is 2. The van der Waals surface area contributed by atoms with Crippen LogP contribution in [0.15, 0.2) is 67.5 Å². The molecule has 0 N–H and O–H groups in total. The lowest BCUT2D eigenvalue weighted by Crippen LogP contribution is -2.08. The standard InChI is InChI=1S/C31H36F2N2O2/c1-4-6-10-20-36-23(3)11-8-7-9-12-24-13-15-25(16-14-24)26-21-34-31(35-22-26)27-17-18-28(37-19-5-2)30(33)29(27)32/h5,9,12-18,21-23H,2,4,6-8,10-11,19-20H2,1,3H3/b12-9+. The summed E-state index contributed by atoms with van der Waals surface area (Å²) in [6, 6.07) is 10.8. The van der Waals surface area contributed by atoms with Crippen molar-refractivity contribution in [3.8, 4) is 28.3 Å².